The van der Waals surface area contributed by atoms with E-state index in [0.29, 0.717) is 23.6 Å². The van der Waals surface area contributed by atoms with Gasteiger partial charge in [-0.15, -0.1) is 0 Å². The molecule has 1 aromatic carbocycles. The number of carbonyl (C=O) groups excluding carboxylic acids is 1. The Kier molecular flexibility index (Phi) is 4.47. The molecular formula is C15H19N3O3. The predicted molar refractivity (Wildman–Crippen MR) is 78.7 cm³/mol. The Bertz CT molecular complexity index is 627. The van der Waals surface area contributed by atoms with Gasteiger partial charge in [0, 0.05) is 7.05 Å². The fourth-order valence-corrected chi connectivity index (χ4v) is 2.16. The summed E-state index contributed by atoms with van der Waals surface area (Å²) in [5, 5.41) is 7.10. The van der Waals surface area contributed by atoms with Crippen LogP contribution in [0.2, 0.25) is 0 Å². The molecule has 0 unspecified atom stereocenters. The third-order valence-corrected chi connectivity index (χ3v) is 3.18. The van der Waals surface area contributed by atoms with Crippen molar-refractivity contribution in [2.75, 3.05) is 14.2 Å². The molecule has 1 N–H and O–H groups in total. The monoisotopic (exact) mass is 289 g/mol. The number of nitrogens with one attached hydrogen (secondary N) is 1. The largest absolute Gasteiger partial charge is 0.496 e. The summed E-state index contributed by atoms with van der Waals surface area (Å²) < 4.78 is 12.2. The molecule has 6 nitrogen and oxygen atoms in total. The first kappa shape index (κ1) is 14.9. The SMILES string of the molecule is COc1cccc(OC)c1C(=O)NCc1cc(C)nn1C. The number of aryl methyl sites for hydroxylation is 2. The Morgan fingerprint density at radius 3 is 2.38 bits per heavy atom. The molecule has 0 saturated carbocycles. The fraction of sp³-hybridized carbons (Fsp3) is 0.333. The minimum atomic E-state index is -0.247. The lowest BCUT2D eigenvalue weighted by molar-refractivity contribution is 0.0943. The minimum absolute atomic E-state index is 0.247. The maximum Gasteiger partial charge on any atom is 0.259 e. The van der Waals surface area contributed by atoms with E-state index < -0.39 is 0 Å². The second kappa shape index (κ2) is 6.30. The smallest absolute Gasteiger partial charge is 0.259 e. The molecule has 0 radical (unpaired) electrons. The van der Waals surface area contributed by atoms with Gasteiger partial charge in [0.05, 0.1) is 32.2 Å². The van der Waals surface area contributed by atoms with E-state index in [1.54, 1.807) is 22.9 Å². The van der Waals surface area contributed by atoms with E-state index in [4.69, 9.17) is 9.47 Å². The van der Waals surface area contributed by atoms with Crippen molar-refractivity contribution < 1.29 is 14.3 Å². The van der Waals surface area contributed by atoms with E-state index in [2.05, 4.69) is 10.4 Å². The molecule has 0 aliphatic rings. The van der Waals surface area contributed by atoms with E-state index in [9.17, 15) is 4.79 Å². The summed E-state index contributed by atoms with van der Waals surface area (Å²) in [7, 11) is 4.89. The van der Waals surface area contributed by atoms with Gasteiger partial charge >= 0.3 is 0 Å². The van der Waals surface area contributed by atoms with Crippen LogP contribution in [-0.4, -0.2) is 29.9 Å². The van der Waals surface area contributed by atoms with Gasteiger partial charge in [0.1, 0.15) is 17.1 Å². The molecule has 1 heterocycles. The average Bonchev–Trinajstić information content (AvgIpc) is 2.81. The lowest BCUT2D eigenvalue weighted by Gasteiger charge is -2.13. The zero-order valence-electron chi connectivity index (χ0n) is 12.6. The van der Waals surface area contributed by atoms with Crippen LogP contribution in [0.5, 0.6) is 11.5 Å². The van der Waals surface area contributed by atoms with E-state index in [0.717, 1.165) is 11.4 Å². The van der Waals surface area contributed by atoms with Crippen LogP contribution in [0.15, 0.2) is 24.3 Å². The molecule has 2 aromatic rings. The number of nitrogens with zero attached hydrogens (tertiary/aromatic N) is 2. The van der Waals surface area contributed by atoms with Crippen LogP contribution in [0, 0.1) is 6.92 Å². The molecule has 112 valence electrons. The maximum atomic E-state index is 12.4. The highest BCUT2D eigenvalue weighted by atomic mass is 16.5. The van der Waals surface area contributed by atoms with Crippen molar-refractivity contribution in [3.05, 3.63) is 41.2 Å². The molecule has 0 fully saturated rings. The van der Waals surface area contributed by atoms with Crippen molar-refractivity contribution in [3.63, 3.8) is 0 Å². The maximum absolute atomic E-state index is 12.4. The van der Waals surface area contributed by atoms with Crippen LogP contribution in [0.3, 0.4) is 0 Å². The van der Waals surface area contributed by atoms with Crippen LogP contribution < -0.4 is 14.8 Å². The summed E-state index contributed by atoms with van der Waals surface area (Å²) in [5.41, 5.74) is 2.23. The van der Waals surface area contributed by atoms with E-state index >= 15 is 0 Å². The molecule has 0 bridgehead atoms. The standard InChI is InChI=1S/C15H19N3O3/c1-10-8-11(18(2)17-10)9-16-15(19)14-12(20-3)6-5-7-13(14)21-4/h5-8H,9H2,1-4H3,(H,16,19). The first-order valence-corrected chi connectivity index (χ1v) is 6.55. The molecule has 21 heavy (non-hydrogen) atoms. The van der Waals surface area contributed by atoms with Gasteiger partial charge in [0.2, 0.25) is 0 Å². The number of carbonyl (C=O) groups is 1. The van der Waals surface area contributed by atoms with Gasteiger partial charge in [-0.1, -0.05) is 6.07 Å². The number of aromatic nitrogens is 2. The van der Waals surface area contributed by atoms with Gasteiger partial charge in [-0.3, -0.25) is 9.48 Å². The fourth-order valence-electron chi connectivity index (χ4n) is 2.16. The quantitative estimate of drug-likeness (QED) is 0.909. The van der Waals surface area contributed by atoms with Gasteiger partial charge in [0.15, 0.2) is 0 Å². The first-order valence-electron chi connectivity index (χ1n) is 6.55. The second-order valence-electron chi connectivity index (χ2n) is 4.62. The van der Waals surface area contributed by atoms with Crippen LogP contribution >= 0.6 is 0 Å². The Balaban J connectivity index is 2.19. The number of benzene rings is 1. The summed E-state index contributed by atoms with van der Waals surface area (Å²) in [6, 6.07) is 7.16. The molecule has 1 amide bonds. The molecule has 0 atom stereocenters. The molecule has 1 aromatic heterocycles. The molecule has 0 spiro atoms. The Morgan fingerprint density at radius 2 is 1.90 bits per heavy atom. The van der Waals surface area contributed by atoms with Gasteiger partial charge < -0.3 is 14.8 Å². The Hall–Kier alpha value is -2.50. The molecule has 0 saturated heterocycles. The van der Waals surface area contributed by atoms with Gasteiger partial charge in [-0.25, -0.2) is 0 Å². The van der Waals surface area contributed by atoms with Crippen molar-refractivity contribution >= 4 is 5.91 Å². The van der Waals surface area contributed by atoms with E-state index in [-0.39, 0.29) is 5.91 Å². The zero-order valence-corrected chi connectivity index (χ0v) is 12.6. The van der Waals surface area contributed by atoms with E-state index in [1.807, 2.05) is 20.0 Å². The third-order valence-electron chi connectivity index (χ3n) is 3.18. The van der Waals surface area contributed by atoms with Crippen LogP contribution in [0.4, 0.5) is 0 Å². The predicted octanol–water partition coefficient (Wildman–Crippen LogP) is 1.68. The summed E-state index contributed by atoms with van der Waals surface area (Å²) >= 11 is 0. The topological polar surface area (TPSA) is 65.4 Å². The van der Waals surface area contributed by atoms with Crippen molar-refractivity contribution in [1.29, 1.82) is 0 Å². The van der Waals surface area contributed by atoms with Crippen LogP contribution in [0.1, 0.15) is 21.7 Å². The number of rotatable bonds is 5. The number of ether oxygens (including phenoxy) is 2. The highest BCUT2D eigenvalue weighted by molar-refractivity contribution is 5.99. The minimum Gasteiger partial charge on any atom is -0.496 e. The van der Waals surface area contributed by atoms with Gasteiger partial charge in [-0.05, 0) is 25.1 Å². The lowest BCUT2D eigenvalue weighted by Crippen LogP contribution is -2.25. The van der Waals surface area contributed by atoms with Crippen LogP contribution in [0.25, 0.3) is 0 Å². The lowest BCUT2D eigenvalue weighted by atomic mass is 10.1. The third kappa shape index (κ3) is 3.16. The number of hydrogen-bond acceptors (Lipinski definition) is 4. The van der Waals surface area contributed by atoms with Crippen molar-refractivity contribution in [2.24, 2.45) is 7.05 Å². The second-order valence-corrected chi connectivity index (χ2v) is 4.62. The Labute approximate surface area is 123 Å². The average molecular weight is 289 g/mol. The van der Waals surface area contributed by atoms with Gasteiger partial charge in [-0.2, -0.15) is 5.10 Å². The molecule has 2 rings (SSSR count). The number of methoxy groups -OCH3 is 2. The van der Waals surface area contributed by atoms with Crippen molar-refractivity contribution in [1.82, 2.24) is 15.1 Å². The van der Waals surface area contributed by atoms with Gasteiger partial charge in [0.25, 0.3) is 5.91 Å². The van der Waals surface area contributed by atoms with Crippen LogP contribution in [-0.2, 0) is 13.6 Å². The summed E-state index contributed by atoms with van der Waals surface area (Å²) in [5.74, 6) is 0.712. The highest BCUT2D eigenvalue weighted by Crippen LogP contribution is 2.27. The summed E-state index contributed by atoms with van der Waals surface area (Å²) in [6.07, 6.45) is 0. The van der Waals surface area contributed by atoms with E-state index in [1.165, 1.54) is 14.2 Å². The molecule has 0 aliphatic heterocycles. The van der Waals surface area contributed by atoms with Crippen molar-refractivity contribution in [2.45, 2.75) is 13.5 Å². The normalized spacial score (nSPS) is 10.3. The summed E-state index contributed by atoms with van der Waals surface area (Å²) in [4.78, 5) is 12.4. The van der Waals surface area contributed by atoms with Crippen molar-refractivity contribution in [3.8, 4) is 11.5 Å². The molecule has 0 aliphatic carbocycles. The highest BCUT2D eigenvalue weighted by Gasteiger charge is 2.18. The summed E-state index contributed by atoms with van der Waals surface area (Å²) in [6.45, 7) is 2.30. The zero-order chi connectivity index (χ0) is 15.4. The number of hydrogen-bond donors (Lipinski definition) is 1. The Morgan fingerprint density at radius 1 is 1.29 bits per heavy atom. The molecular weight excluding hydrogens is 270 g/mol. The first-order chi connectivity index (χ1) is 10.1. The number of amides is 1. The molecule has 6 heteroatoms.